The van der Waals surface area contributed by atoms with E-state index in [9.17, 15) is 14.7 Å². The Morgan fingerprint density at radius 1 is 1.07 bits per heavy atom. The molecule has 0 aliphatic heterocycles. The summed E-state index contributed by atoms with van der Waals surface area (Å²) in [5.41, 5.74) is 3.64. The van der Waals surface area contributed by atoms with Crippen molar-refractivity contribution < 1.29 is 19.4 Å². The van der Waals surface area contributed by atoms with Crippen LogP contribution in [-0.2, 0) is 5.41 Å². The largest absolute Gasteiger partial charge is 0.478 e. The molecule has 0 spiro atoms. The topological polar surface area (TPSA) is 63.6 Å². The average molecular weight is 404 g/mol. The third-order valence-corrected chi connectivity index (χ3v) is 6.10. The number of hydrogen-bond donors (Lipinski definition) is 1. The quantitative estimate of drug-likeness (QED) is 0.442. The number of para-hydroxylation sites is 1. The molecule has 0 radical (unpaired) electrons. The molecule has 0 amide bonds. The summed E-state index contributed by atoms with van der Waals surface area (Å²) >= 11 is 1.67. The van der Waals surface area contributed by atoms with Gasteiger partial charge in [-0.1, -0.05) is 44.2 Å². The maximum Gasteiger partial charge on any atom is 0.343 e. The van der Waals surface area contributed by atoms with Crippen LogP contribution in [0.25, 0.3) is 5.57 Å². The molecule has 1 aliphatic rings. The number of hydrogen-bond acceptors (Lipinski definition) is 4. The Morgan fingerprint density at radius 3 is 2.59 bits per heavy atom. The number of carboxylic acids is 1. The molecule has 5 heteroatoms. The van der Waals surface area contributed by atoms with E-state index in [0.29, 0.717) is 5.56 Å². The molecule has 1 heterocycles. The number of fused-ring (bicyclic) bond motifs is 1. The number of ether oxygens (including phenoxy) is 1. The zero-order valence-corrected chi connectivity index (χ0v) is 17.0. The van der Waals surface area contributed by atoms with Gasteiger partial charge in [-0.25, -0.2) is 9.59 Å². The molecule has 146 valence electrons. The van der Waals surface area contributed by atoms with Crippen LogP contribution in [0.1, 0.15) is 57.0 Å². The maximum atomic E-state index is 12.8. The van der Waals surface area contributed by atoms with E-state index in [2.05, 4.69) is 26.0 Å². The van der Waals surface area contributed by atoms with Gasteiger partial charge in [0.05, 0.1) is 5.56 Å². The van der Waals surface area contributed by atoms with Crippen molar-refractivity contribution in [2.75, 3.05) is 0 Å². The first-order chi connectivity index (χ1) is 13.9. The van der Waals surface area contributed by atoms with Crippen molar-refractivity contribution >= 4 is 28.8 Å². The van der Waals surface area contributed by atoms with Crippen LogP contribution >= 0.6 is 11.3 Å². The molecule has 0 fully saturated rings. The molecule has 1 N–H and O–H groups in total. The van der Waals surface area contributed by atoms with Gasteiger partial charge in [0.1, 0.15) is 11.3 Å². The lowest BCUT2D eigenvalue weighted by Gasteiger charge is -2.32. The highest BCUT2D eigenvalue weighted by Crippen LogP contribution is 2.42. The summed E-state index contributed by atoms with van der Waals surface area (Å²) < 4.78 is 5.43. The minimum atomic E-state index is -1.14. The van der Waals surface area contributed by atoms with Crippen molar-refractivity contribution in [1.29, 1.82) is 0 Å². The lowest BCUT2D eigenvalue weighted by atomic mass is 9.73. The highest BCUT2D eigenvalue weighted by atomic mass is 32.1. The zero-order chi connectivity index (χ0) is 20.6. The molecule has 4 rings (SSSR count). The summed E-state index contributed by atoms with van der Waals surface area (Å²) in [6.45, 7) is 4.38. The summed E-state index contributed by atoms with van der Waals surface area (Å²) in [5, 5.41) is 11.3. The Kier molecular flexibility index (Phi) is 4.84. The first kappa shape index (κ1) is 19.2. The number of rotatable bonds is 4. The molecular weight excluding hydrogens is 384 g/mol. The third kappa shape index (κ3) is 3.61. The number of carboxylic acid groups (broad SMARTS) is 1. The second-order valence-corrected chi connectivity index (χ2v) is 8.58. The zero-order valence-electron chi connectivity index (χ0n) is 16.1. The summed E-state index contributed by atoms with van der Waals surface area (Å²) in [6, 6.07) is 15.8. The summed E-state index contributed by atoms with van der Waals surface area (Å²) in [6.07, 6.45) is 3.14. The van der Waals surface area contributed by atoms with Crippen LogP contribution < -0.4 is 4.74 Å². The Bertz CT molecular complexity index is 1120. The van der Waals surface area contributed by atoms with Crippen LogP contribution in [-0.4, -0.2) is 17.0 Å². The second kappa shape index (κ2) is 7.33. The monoisotopic (exact) mass is 404 g/mol. The molecule has 2 aromatic carbocycles. The van der Waals surface area contributed by atoms with Crippen LogP contribution in [0.15, 0.2) is 66.1 Å². The standard InChI is InChI=1S/C24H20O4S/c1-24(2)12-11-16(21-8-5-13-29-21)18-14-15(9-10-19(18)24)23(27)28-20-7-4-3-6-17(20)22(25)26/h3-11,13-14H,12H2,1-2H3,(H,25,26). The van der Waals surface area contributed by atoms with Gasteiger partial charge in [-0.15, -0.1) is 11.3 Å². The van der Waals surface area contributed by atoms with E-state index in [0.717, 1.165) is 22.4 Å². The fraction of sp³-hybridized carbons (Fsp3) is 0.167. The number of esters is 1. The van der Waals surface area contributed by atoms with Gasteiger partial charge in [-0.05, 0) is 64.2 Å². The van der Waals surface area contributed by atoms with Gasteiger partial charge in [-0.3, -0.25) is 0 Å². The molecule has 1 aromatic heterocycles. The number of carbonyl (C=O) groups is 2. The molecule has 0 saturated carbocycles. The SMILES string of the molecule is CC1(C)CC=C(c2cccs2)c2cc(C(=O)Oc3ccccc3C(=O)O)ccc21. The van der Waals surface area contributed by atoms with E-state index in [-0.39, 0.29) is 16.7 Å². The highest BCUT2D eigenvalue weighted by Gasteiger charge is 2.30. The molecule has 0 bridgehead atoms. The predicted octanol–water partition coefficient (Wildman–Crippen LogP) is 5.78. The van der Waals surface area contributed by atoms with Crippen molar-refractivity contribution in [1.82, 2.24) is 0 Å². The van der Waals surface area contributed by atoms with E-state index in [1.165, 1.54) is 17.7 Å². The van der Waals surface area contributed by atoms with E-state index >= 15 is 0 Å². The number of thiophene rings is 1. The van der Waals surface area contributed by atoms with Gasteiger partial charge in [0.15, 0.2) is 0 Å². The first-order valence-electron chi connectivity index (χ1n) is 9.30. The molecular formula is C24H20O4S. The minimum Gasteiger partial charge on any atom is -0.478 e. The van der Waals surface area contributed by atoms with E-state index < -0.39 is 11.9 Å². The van der Waals surface area contributed by atoms with Gasteiger partial charge >= 0.3 is 11.9 Å². The van der Waals surface area contributed by atoms with Crippen molar-refractivity contribution in [3.05, 3.63) is 93.2 Å². The van der Waals surface area contributed by atoms with Crippen LogP contribution in [0.3, 0.4) is 0 Å². The van der Waals surface area contributed by atoms with Crippen molar-refractivity contribution in [2.45, 2.75) is 25.7 Å². The Hall–Kier alpha value is -3.18. The number of carbonyl (C=O) groups excluding carboxylic acids is 1. The number of benzene rings is 2. The molecule has 1 aliphatic carbocycles. The molecule has 0 atom stereocenters. The molecule has 4 nitrogen and oxygen atoms in total. The van der Waals surface area contributed by atoms with Crippen molar-refractivity contribution in [3.8, 4) is 5.75 Å². The summed E-state index contributed by atoms with van der Waals surface area (Å²) in [7, 11) is 0. The highest BCUT2D eigenvalue weighted by molar-refractivity contribution is 7.11. The Morgan fingerprint density at radius 2 is 1.86 bits per heavy atom. The molecule has 0 saturated heterocycles. The Labute approximate surface area is 173 Å². The lowest BCUT2D eigenvalue weighted by molar-refractivity contribution is 0.0681. The van der Waals surface area contributed by atoms with Crippen molar-refractivity contribution in [2.24, 2.45) is 0 Å². The molecule has 29 heavy (non-hydrogen) atoms. The lowest BCUT2D eigenvalue weighted by Crippen LogP contribution is -2.22. The Balaban J connectivity index is 1.72. The number of aromatic carboxylic acids is 1. The van der Waals surface area contributed by atoms with E-state index in [4.69, 9.17) is 4.74 Å². The number of allylic oxidation sites excluding steroid dienone is 1. The van der Waals surface area contributed by atoms with E-state index in [1.807, 2.05) is 23.6 Å². The first-order valence-corrected chi connectivity index (χ1v) is 10.2. The van der Waals surface area contributed by atoms with Crippen LogP contribution in [0.5, 0.6) is 5.75 Å². The normalized spacial score (nSPS) is 14.6. The van der Waals surface area contributed by atoms with Crippen LogP contribution in [0, 0.1) is 0 Å². The van der Waals surface area contributed by atoms with Gasteiger partial charge in [0.25, 0.3) is 0 Å². The second-order valence-electron chi connectivity index (χ2n) is 7.63. The molecule has 0 unspecified atom stereocenters. The fourth-order valence-corrected chi connectivity index (χ4v) is 4.40. The third-order valence-electron chi connectivity index (χ3n) is 5.20. The maximum absolute atomic E-state index is 12.8. The summed E-state index contributed by atoms with van der Waals surface area (Å²) in [5.74, 6) is -1.67. The van der Waals surface area contributed by atoms with E-state index in [1.54, 1.807) is 29.5 Å². The van der Waals surface area contributed by atoms with Crippen LogP contribution in [0.2, 0.25) is 0 Å². The van der Waals surface area contributed by atoms with Gasteiger partial charge in [-0.2, -0.15) is 0 Å². The minimum absolute atomic E-state index is 0.0333. The van der Waals surface area contributed by atoms with Gasteiger partial charge in [0.2, 0.25) is 0 Å². The van der Waals surface area contributed by atoms with Gasteiger partial charge < -0.3 is 9.84 Å². The van der Waals surface area contributed by atoms with Crippen molar-refractivity contribution in [3.63, 3.8) is 0 Å². The molecule has 3 aromatic rings. The predicted molar refractivity (Wildman–Crippen MR) is 114 cm³/mol. The van der Waals surface area contributed by atoms with Gasteiger partial charge in [0, 0.05) is 4.88 Å². The smallest absolute Gasteiger partial charge is 0.343 e. The fourth-order valence-electron chi connectivity index (χ4n) is 3.62. The summed E-state index contributed by atoms with van der Waals surface area (Å²) in [4.78, 5) is 25.3. The average Bonchev–Trinajstić information content (AvgIpc) is 3.22. The van der Waals surface area contributed by atoms with Crippen LogP contribution in [0.4, 0.5) is 0 Å².